The minimum Gasteiger partial charge on any atom is -0.375 e. The summed E-state index contributed by atoms with van der Waals surface area (Å²) in [6, 6.07) is 34.8. The van der Waals surface area contributed by atoms with Gasteiger partial charge in [-0.25, -0.2) is 13.1 Å². The summed E-state index contributed by atoms with van der Waals surface area (Å²) in [4.78, 5) is 0. The summed E-state index contributed by atoms with van der Waals surface area (Å²) in [5.74, 6) is -0.0855. The molecule has 0 fully saturated rings. The molecule has 0 aromatic heterocycles. The largest absolute Gasteiger partial charge is 0.375 e. The Labute approximate surface area is 226 Å². The molecule has 0 saturated carbocycles. The fraction of sp³-hybridized carbons (Fsp3) is 0.250. The SMILES string of the molecule is Cc1ccc(COCCN[C@H](c2ccccc2)[C@H](NS(=O)(=O)Cc2ccc(C)cc2)c2ccccc2)cc1. The zero-order chi connectivity index (χ0) is 26.8. The smallest absolute Gasteiger partial charge is 0.216 e. The van der Waals surface area contributed by atoms with Gasteiger partial charge in [-0.1, -0.05) is 120 Å². The van der Waals surface area contributed by atoms with Crippen LogP contribution in [-0.2, 0) is 27.1 Å². The van der Waals surface area contributed by atoms with E-state index in [4.69, 9.17) is 4.74 Å². The van der Waals surface area contributed by atoms with Crippen molar-refractivity contribution in [3.05, 3.63) is 143 Å². The first-order chi connectivity index (χ1) is 18.4. The van der Waals surface area contributed by atoms with Crippen molar-refractivity contribution in [1.82, 2.24) is 10.0 Å². The molecule has 2 N–H and O–H groups in total. The summed E-state index contributed by atoms with van der Waals surface area (Å²) in [5, 5.41) is 3.57. The fourth-order valence-corrected chi connectivity index (χ4v) is 5.75. The normalized spacial score (nSPS) is 13.2. The van der Waals surface area contributed by atoms with E-state index >= 15 is 0 Å². The number of hydrogen-bond donors (Lipinski definition) is 2. The van der Waals surface area contributed by atoms with Gasteiger partial charge < -0.3 is 10.1 Å². The molecule has 0 aliphatic rings. The van der Waals surface area contributed by atoms with Crippen LogP contribution in [0.4, 0.5) is 0 Å². The highest BCUT2D eigenvalue weighted by Crippen LogP contribution is 2.30. The average Bonchev–Trinajstić information content (AvgIpc) is 2.93. The van der Waals surface area contributed by atoms with Gasteiger partial charge in [0.05, 0.1) is 31.1 Å². The van der Waals surface area contributed by atoms with Gasteiger partial charge >= 0.3 is 0 Å². The van der Waals surface area contributed by atoms with E-state index in [1.165, 1.54) is 5.56 Å². The third-order valence-electron chi connectivity index (χ3n) is 6.43. The van der Waals surface area contributed by atoms with Crippen molar-refractivity contribution in [3.63, 3.8) is 0 Å². The van der Waals surface area contributed by atoms with Crippen LogP contribution in [0.15, 0.2) is 109 Å². The van der Waals surface area contributed by atoms with Crippen LogP contribution in [0.1, 0.15) is 45.5 Å². The van der Waals surface area contributed by atoms with Crippen molar-refractivity contribution < 1.29 is 13.2 Å². The Morgan fingerprint density at radius 1 is 0.658 bits per heavy atom. The van der Waals surface area contributed by atoms with Crippen LogP contribution < -0.4 is 10.0 Å². The van der Waals surface area contributed by atoms with Crippen molar-refractivity contribution in [2.45, 2.75) is 38.3 Å². The topological polar surface area (TPSA) is 67.4 Å². The van der Waals surface area contributed by atoms with Gasteiger partial charge in [0.1, 0.15) is 0 Å². The zero-order valence-electron chi connectivity index (χ0n) is 22.0. The number of aryl methyl sites for hydroxylation is 2. The molecule has 0 aliphatic heterocycles. The number of benzene rings is 4. The van der Waals surface area contributed by atoms with Crippen LogP contribution in [0.25, 0.3) is 0 Å². The molecular weight excluding hydrogens is 492 g/mol. The third kappa shape index (κ3) is 8.36. The summed E-state index contributed by atoms with van der Waals surface area (Å²) in [6.07, 6.45) is 0. The number of nitrogens with one attached hydrogen (secondary N) is 2. The standard InChI is InChI=1S/C32H36N2O3S/c1-25-13-17-27(18-14-25)23-37-22-21-33-31(29-9-5-3-6-10-29)32(30-11-7-4-8-12-30)34-38(35,36)24-28-19-15-26(2)16-20-28/h3-20,31-34H,21-24H2,1-2H3/t31-,32-/m1/s1. The number of hydrogen-bond acceptors (Lipinski definition) is 4. The van der Waals surface area contributed by atoms with Crippen LogP contribution in [0, 0.1) is 13.8 Å². The monoisotopic (exact) mass is 528 g/mol. The molecule has 0 radical (unpaired) electrons. The molecule has 0 unspecified atom stereocenters. The van der Waals surface area contributed by atoms with E-state index in [0.717, 1.165) is 27.8 Å². The molecule has 0 bridgehead atoms. The minimum atomic E-state index is -3.64. The van der Waals surface area contributed by atoms with Crippen LogP contribution in [0.5, 0.6) is 0 Å². The van der Waals surface area contributed by atoms with E-state index in [1.807, 2.05) is 91.9 Å². The summed E-state index contributed by atoms with van der Waals surface area (Å²) in [7, 11) is -3.64. The predicted molar refractivity (Wildman–Crippen MR) is 154 cm³/mol. The molecule has 0 aliphatic carbocycles. The maximum Gasteiger partial charge on any atom is 0.216 e. The van der Waals surface area contributed by atoms with Crippen molar-refractivity contribution in [1.29, 1.82) is 0 Å². The van der Waals surface area contributed by atoms with Gasteiger partial charge in [-0.3, -0.25) is 0 Å². The first kappa shape index (κ1) is 27.7. The van der Waals surface area contributed by atoms with Gasteiger partial charge in [0.25, 0.3) is 0 Å². The van der Waals surface area contributed by atoms with Gasteiger partial charge in [0.15, 0.2) is 0 Å². The zero-order valence-corrected chi connectivity index (χ0v) is 22.8. The number of ether oxygens (including phenoxy) is 1. The van der Waals surface area contributed by atoms with Gasteiger partial charge in [-0.15, -0.1) is 0 Å². The Morgan fingerprint density at radius 2 is 1.16 bits per heavy atom. The Balaban J connectivity index is 1.51. The highest BCUT2D eigenvalue weighted by molar-refractivity contribution is 7.88. The molecule has 4 aromatic carbocycles. The fourth-order valence-electron chi connectivity index (χ4n) is 4.38. The van der Waals surface area contributed by atoms with Crippen LogP contribution in [-0.4, -0.2) is 21.6 Å². The molecule has 198 valence electrons. The molecule has 0 saturated heterocycles. The van der Waals surface area contributed by atoms with Crippen LogP contribution in [0.2, 0.25) is 0 Å². The molecule has 4 rings (SSSR count). The van der Waals surface area contributed by atoms with E-state index < -0.39 is 16.1 Å². The van der Waals surface area contributed by atoms with Crippen LogP contribution >= 0.6 is 0 Å². The molecule has 38 heavy (non-hydrogen) atoms. The molecule has 0 amide bonds. The third-order valence-corrected chi connectivity index (χ3v) is 7.76. The van der Waals surface area contributed by atoms with Crippen LogP contribution in [0.3, 0.4) is 0 Å². The number of sulfonamides is 1. The van der Waals surface area contributed by atoms with E-state index in [-0.39, 0.29) is 11.8 Å². The summed E-state index contributed by atoms with van der Waals surface area (Å²) in [6.45, 7) is 5.64. The molecular formula is C32H36N2O3S. The average molecular weight is 529 g/mol. The predicted octanol–water partition coefficient (Wildman–Crippen LogP) is 6.01. The van der Waals surface area contributed by atoms with E-state index in [0.29, 0.717) is 19.8 Å². The highest BCUT2D eigenvalue weighted by Gasteiger charge is 2.29. The number of rotatable bonds is 13. The van der Waals surface area contributed by atoms with Gasteiger partial charge in [-0.2, -0.15) is 0 Å². The second kappa shape index (κ2) is 13.5. The Kier molecular flexibility index (Phi) is 9.85. The first-order valence-corrected chi connectivity index (χ1v) is 14.6. The van der Waals surface area contributed by atoms with Crippen molar-refractivity contribution >= 4 is 10.0 Å². The summed E-state index contributed by atoms with van der Waals surface area (Å²) in [5.41, 5.74) is 6.09. The minimum absolute atomic E-state index is 0.0855. The first-order valence-electron chi connectivity index (χ1n) is 12.9. The Hall–Kier alpha value is -3.29. The van der Waals surface area contributed by atoms with Crippen molar-refractivity contribution in [2.24, 2.45) is 0 Å². The second-order valence-corrected chi connectivity index (χ2v) is 11.4. The highest BCUT2D eigenvalue weighted by atomic mass is 32.2. The Morgan fingerprint density at radius 3 is 1.71 bits per heavy atom. The van der Waals surface area contributed by atoms with E-state index in [2.05, 4.69) is 41.2 Å². The second-order valence-electron chi connectivity index (χ2n) is 9.63. The summed E-state index contributed by atoms with van der Waals surface area (Å²) < 4.78 is 35.7. The van der Waals surface area contributed by atoms with Crippen molar-refractivity contribution in [2.75, 3.05) is 13.2 Å². The molecule has 0 spiro atoms. The van der Waals surface area contributed by atoms with Crippen molar-refractivity contribution in [3.8, 4) is 0 Å². The van der Waals surface area contributed by atoms with Gasteiger partial charge in [-0.05, 0) is 36.1 Å². The maximum atomic E-state index is 13.4. The van der Waals surface area contributed by atoms with E-state index in [9.17, 15) is 8.42 Å². The lowest BCUT2D eigenvalue weighted by Gasteiger charge is -2.30. The lowest BCUT2D eigenvalue weighted by Crippen LogP contribution is -2.40. The lowest BCUT2D eigenvalue weighted by molar-refractivity contribution is 0.119. The van der Waals surface area contributed by atoms with Gasteiger partial charge in [0, 0.05) is 6.54 Å². The van der Waals surface area contributed by atoms with E-state index in [1.54, 1.807) is 0 Å². The lowest BCUT2D eigenvalue weighted by atomic mass is 9.94. The summed E-state index contributed by atoms with van der Waals surface area (Å²) >= 11 is 0. The molecule has 6 heteroatoms. The molecule has 5 nitrogen and oxygen atoms in total. The Bertz CT molecular complexity index is 1360. The molecule has 4 aromatic rings. The quantitative estimate of drug-likeness (QED) is 0.209. The molecule has 2 atom stereocenters. The van der Waals surface area contributed by atoms with Gasteiger partial charge in [0.2, 0.25) is 10.0 Å². The molecule has 0 heterocycles. The maximum absolute atomic E-state index is 13.4.